The Balaban J connectivity index is 2.22. The van der Waals surface area contributed by atoms with Gasteiger partial charge in [-0.3, -0.25) is 4.79 Å². The van der Waals surface area contributed by atoms with Crippen molar-refractivity contribution in [2.45, 2.75) is 38.8 Å². The fourth-order valence-electron chi connectivity index (χ4n) is 2.39. The fourth-order valence-corrected chi connectivity index (χ4v) is 2.39. The molecule has 0 aromatic heterocycles. The van der Waals surface area contributed by atoms with Crippen molar-refractivity contribution in [3.8, 4) is 0 Å². The molecule has 2 unspecified atom stereocenters. The lowest BCUT2D eigenvalue weighted by Crippen LogP contribution is -2.50. The summed E-state index contributed by atoms with van der Waals surface area (Å²) < 4.78 is 5.56. The molecule has 4 heteroatoms. The minimum Gasteiger partial charge on any atom is -0.387 e. The molecule has 1 saturated heterocycles. The molecule has 0 radical (unpaired) electrons. The average molecular weight is 262 g/mol. The first kappa shape index (κ1) is 13.9. The number of carbonyl (C=O) groups is 1. The highest BCUT2D eigenvalue weighted by atomic mass is 16.5. The third-order valence-electron chi connectivity index (χ3n) is 3.97. The average Bonchev–Trinajstić information content (AvgIpc) is 2.69. The van der Waals surface area contributed by atoms with E-state index in [9.17, 15) is 4.79 Å². The Bertz CT molecular complexity index is 487. The van der Waals surface area contributed by atoms with E-state index in [4.69, 9.17) is 4.74 Å². The minimum absolute atomic E-state index is 0.0410. The second-order valence-corrected chi connectivity index (χ2v) is 5.43. The topological polar surface area (TPSA) is 50.4 Å². The van der Waals surface area contributed by atoms with Gasteiger partial charge in [0.15, 0.2) is 0 Å². The maximum atomic E-state index is 12.5. The van der Waals surface area contributed by atoms with E-state index >= 15 is 0 Å². The number of carbonyl (C=O) groups excluding carboxylic acids is 1. The number of hydrogen-bond donors (Lipinski definition) is 2. The van der Waals surface area contributed by atoms with Gasteiger partial charge in [0.2, 0.25) is 0 Å². The van der Waals surface area contributed by atoms with Gasteiger partial charge in [0.1, 0.15) is 0 Å². The van der Waals surface area contributed by atoms with Crippen LogP contribution in [0.1, 0.15) is 36.2 Å². The van der Waals surface area contributed by atoms with Crippen molar-refractivity contribution in [2.24, 2.45) is 0 Å². The Hall–Kier alpha value is -1.55. The Kier molecular flexibility index (Phi) is 3.80. The van der Waals surface area contributed by atoms with E-state index < -0.39 is 0 Å². The van der Waals surface area contributed by atoms with Crippen molar-refractivity contribution in [1.82, 2.24) is 5.32 Å². The van der Waals surface area contributed by atoms with Crippen molar-refractivity contribution < 1.29 is 9.53 Å². The maximum Gasteiger partial charge on any atom is 0.253 e. The van der Waals surface area contributed by atoms with Crippen molar-refractivity contribution in [1.29, 1.82) is 0 Å². The smallest absolute Gasteiger partial charge is 0.253 e. The lowest BCUT2D eigenvalue weighted by atomic mass is 9.94. The molecule has 0 saturated carbocycles. The van der Waals surface area contributed by atoms with Crippen LogP contribution in [0.25, 0.3) is 0 Å². The summed E-state index contributed by atoms with van der Waals surface area (Å²) in [7, 11) is 1.82. The SMILES string of the molecule is CNc1ccc(C)cc1C(=O)NC1(C)CCOC1C. The molecule has 0 spiro atoms. The summed E-state index contributed by atoms with van der Waals surface area (Å²) in [5.74, 6) is -0.0482. The Morgan fingerprint density at radius 1 is 1.47 bits per heavy atom. The Morgan fingerprint density at radius 2 is 2.21 bits per heavy atom. The lowest BCUT2D eigenvalue weighted by molar-refractivity contribution is 0.0728. The number of hydrogen-bond acceptors (Lipinski definition) is 3. The normalized spacial score (nSPS) is 26.2. The van der Waals surface area contributed by atoms with E-state index in [1.54, 1.807) is 0 Å². The molecule has 1 aliphatic heterocycles. The number of anilines is 1. The molecule has 2 N–H and O–H groups in total. The van der Waals surface area contributed by atoms with Crippen molar-refractivity contribution in [3.63, 3.8) is 0 Å². The van der Waals surface area contributed by atoms with Crippen molar-refractivity contribution >= 4 is 11.6 Å². The maximum absolute atomic E-state index is 12.5. The van der Waals surface area contributed by atoms with E-state index in [1.807, 2.05) is 46.0 Å². The van der Waals surface area contributed by atoms with Crippen LogP contribution in [-0.4, -0.2) is 31.2 Å². The van der Waals surface area contributed by atoms with E-state index in [-0.39, 0.29) is 17.6 Å². The monoisotopic (exact) mass is 262 g/mol. The van der Waals surface area contributed by atoms with Crippen LogP contribution in [-0.2, 0) is 4.74 Å². The summed E-state index contributed by atoms with van der Waals surface area (Å²) in [5, 5.41) is 6.18. The van der Waals surface area contributed by atoms with E-state index in [0.717, 1.165) is 17.7 Å². The molecule has 4 nitrogen and oxygen atoms in total. The van der Waals surface area contributed by atoms with E-state index in [1.165, 1.54) is 0 Å². The molecular weight excluding hydrogens is 240 g/mol. The third kappa shape index (κ3) is 2.73. The van der Waals surface area contributed by atoms with Crippen molar-refractivity contribution in [2.75, 3.05) is 19.0 Å². The van der Waals surface area contributed by atoms with Crippen molar-refractivity contribution in [3.05, 3.63) is 29.3 Å². The highest BCUT2D eigenvalue weighted by molar-refractivity contribution is 6.00. The first-order valence-corrected chi connectivity index (χ1v) is 6.69. The molecule has 19 heavy (non-hydrogen) atoms. The molecule has 2 atom stereocenters. The molecule has 0 bridgehead atoms. The zero-order valence-electron chi connectivity index (χ0n) is 12.0. The number of rotatable bonds is 3. The molecule has 1 fully saturated rings. The molecule has 1 aliphatic rings. The quantitative estimate of drug-likeness (QED) is 0.879. The van der Waals surface area contributed by atoms with Gasteiger partial charge in [-0.2, -0.15) is 0 Å². The number of amides is 1. The van der Waals surface area contributed by atoms with Gasteiger partial charge in [-0.25, -0.2) is 0 Å². The fraction of sp³-hybridized carbons (Fsp3) is 0.533. The summed E-state index contributed by atoms with van der Waals surface area (Å²) in [4.78, 5) is 12.5. The number of nitrogens with one attached hydrogen (secondary N) is 2. The van der Waals surface area contributed by atoms with Gasteiger partial charge in [0.05, 0.1) is 17.2 Å². The molecule has 1 aromatic carbocycles. The van der Waals surface area contributed by atoms with E-state index in [0.29, 0.717) is 12.2 Å². The van der Waals surface area contributed by atoms with Gasteiger partial charge in [-0.1, -0.05) is 11.6 Å². The number of benzene rings is 1. The molecule has 1 amide bonds. The summed E-state index contributed by atoms with van der Waals surface area (Å²) in [6.07, 6.45) is 0.889. The van der Waals surface area contributed by atoms with Gasteiger partial charge < -0.3 is 15.4 Å². The van der Waals surface area contributed by atoms with Crippen LogP contribution in [0.2, 0.25) is 0 Å². The van der Waals surface area contributed by atoms with Crippen LogP contribution in [0.3, 0.4) is 0 Å². The van der Waals surface area contributed by atoms with Crippen LogP contribution in [0.15, 0.2) is 18.2 Å². The second-order valence-electron chi connectivity index (χ2n) is 5.43. The van der Waals surface area contributed by atoms with Crippen LogP contribution < -0.4 is 10.6 Å². The van der Waals surface area contributed by atoms with Gasteiger partial charge in [-0.05, 0) is 39.3 Å². The molecule has 2 rings (SSSR count). The lowest BCUT2D eigenvalue weighted by Gasteiger charge is -2.29. The predicted octanol–water partition coefficient (Wildman–Crippen LogP) is 2.33. The largest absolute Gasteiger partial charge is 0.387 e. The molecule has 1 aromatic rings. The summed E-state index contributed by atoms with van der Waals surface area (Å²) in [6.45, 7) is 6.73. The van der Waals surface area contributed by atoms with Crippen LogP contribution >= 0.6 is 0 Å². The molecule has 104 valence electrons. The predicted molar refractivity (Wildman–Crippen MR) is 76.6 cm³/mol. The highest BCUT2D eigenvalue weighted by Gasteiger charge is 2.38. The Morgan fingerprint density at radius 3 is 2.79 bits per heavy atom. The van der Waals surface area contributed by atoms with Crippen LogP contribution in [0, 0.1) is 6.92 Å². The van der Waals surface area contributed by atoms with Crippen LogP contribution in [0.5, 0.6) is 0 Å². The standard InChI is InChI=1S/C15H22N2O2/c1-10-5-6-13(16-4)12(9-10)14(18)17-15(3)7-8-19-11(15)2/h5-6,9,11,16H,7-8H2,1-4H3,(H,17,18). The Labute approximate surface area is 114 Å². The van der Waals surface area contributed by atoms with Gasteiger partial charge >= 0.3 is 0 Å². The van der Waals surface area contributed by atoms with E-state index in [2.05, 4.69) is 10.6 Å². The molecule has 1 heterocycles. The summed E-state index contributed by atoms with van der Waals surface area (Å²) >= 11 is 0. The number of ether oxygens (including phenoxy) is 1. The van der Waals surface area contributed by atoms with Gasteiger partial charge in [0, 0.05) is 19.3 Å². The van der Waals surface area contributed by atoms with Gasteiger partial charge in [-0.15, -0.1) is 0 Å². The zero-order valence-corrected chi connectivity index (χ0v) is 12.0. The molecule has 0 aliphatic carbocycles. The third-order valence-corrected chi connectivity index (χ3v) is 3.97. The second kappa shape index (κ2) is 5.21. The highest BCUT2D eigenvalue weighted by Crippen LogP contribution is 2.26. The summed E-state index contributed by atoms with van der Waals surface area (Å²) in [5.41, 5.74) is 2.32. The first-order valence-electron chi connectivity index (χ1n) is 6.69. The zero-order chi connectivity index (χ0) is 14.0. The number of aryl methyl sites for hydroxylation is 1. The molecular formula is C15H22N2O2. The first-order chi connectivity index (χ1) is 8.96. The minimum atomic E-state index is -0.286. The van der Waals surface area contributed by atoms with Gasteiger partial charge in [0.25, 0.3) is 5.91 Å². The summed E-state index contributed by atoms with van der Waals surface area (Å²) in [6, 6.07) is 5.83. The van der Waals surface area contributed by atoms with Crippen LogP contribution in [0.4, 0.5) is 5.69 Å².